The first-order valence-corrected chi connectivity index (χ1v) is 6.58. The molecular formula is C13H16FNS. The Labute approximate surface area is 101 Å². The molecule has 1 N–H and O–H groups in total. The molecule has 0 atom stereocenters. The van der Waals surface area contributed by atoms with Crippen molar-refractivity contribution in [2.75, 3.05) is 18.6 Å². The highest BCUT2D eigenvalue weighted by Crippen LogP contribution is 2.09. The third-order valence-electron chi connectivity index (χ3n) is 2.12. The van der Waals surface area contributed by atoms with E-state index in [9.17, 15) is 4.39 Å². The highest BCUT2D eigenvalue weighted by Gasteiger charge is 2.01. The molecule has 0 aliphatic carbocycles. The fourth-order valence-corrected chi connectivity index (χ4v) is 1.66. The number of thioether (sulfide) groups is 1. The van der Waals surface area contributed by atoms with Crippen LogP contribution in [0, 0.1) is 17.7 Å². The van der Waals surface area contributed by atoms with Gasteiger partial charge in [0.05, 0.1) is 0 Å². The molecule has 0 fully saturated rings. The van der Waals surface area contributed by atoms with Gasteiger partial charge in [0.25, 0.3) is 0 Å². The summed E-state index contributed by atoms with van der Waals surface area (Å²) in [6.07, 6.45) is 2.06. The standard InChI is InChI=1S/C13H16FNS/c1-3-4-11-5-6-12(13(14)9-11)10-15-7-8-16-2/h5-6,9,15H,7-8,10H2,1-2H3. The molecule has 0 radical (unpaired) electrons. The molecule has 0 aliphatic heterocycles. The van der Waals surface area contributed by atoms with Crippen molar-refractivity contribution in [3.05, 3.63) is 35.1 Å². The summed E-state index contributed by atoms with van der Waals surface area (Å²) in [7, 11) is 0. The summed E-state index contributed by atoms with van der Waals surface area (Å²) < 4.78 is 13.6. The molecule has 1 aromatic carbocycles. The zero-order chi connectivity index (χ0) is 11.8. The van der Waals surface area contributed by atoms with Crippen LogP contribution in [0.1, 0.15) is 18.1 Å². The normalized spacial score (nSPS) is 9.69. The largest absolute Gasteiger partial charge is 0.312 e. The maximum Gasteiger partial charge on any atom is 0.128 e. The number of rotatable bonds is 5. The summed E-state index contributed by atoms with van der Waals surface area (Å²) in [5.41, 5.74) is 1.43. The first-order valence-electron chi connectivity index (χ1n) is 5.18. The highest BCUT2D eigenvalue weighted by atomic mass is 32.2. The number of benzene rings is 1. The summed E-state index contributed by atoms with van der Waals surface area (Å²) in [5, 5.41) is 3.20. The van der Waals surface area contributed by atoms with Crippen LogP contribution in [0.3, 0.4) is 0 Å². The zero-order valence-electron chi connectivity index (χ0n) is 9.64. The van der Waals surface area contributed by atoms with Crippen molar-refractivity contribution in [3.63, 3.8) is 0 Å². The van der Waals surface area contributed by atoms with E-state index in [1.807, 2.05) is 6.07 Å². The second kappa shape index (κ2) is 7.32. The lowest BCUT2D eigenvalue weighted by atomic mass is 10.1. The molecule has 0 saturated heterocycles. The van der Waals surface area contributed by atoms with Crippen molar-refractivity contribution in [1.29, 1.82) is 0 Å². The van der Waals surface area contributed by atoms with Gasteiger partial charge >= 0.3 is 0 Å². The maximum absolute atomic E-state index is 13.6. The van der Waals surface area contributed by atoms with E-state index in [4.69, 9.17) is 0 Å². The lowest BCUT2D eigenvalue weighted by Crippen LogP contribution is -2.17. The second-order valence-corrected chi connectivity index (χ2v) is 4.34. The molecule has 0 spiro atoms. The average molecular weight is 237 g/mol. The molecule has 3 heteroatoms. The van der Waals surface area contributed by atoms with Gasteiger partial charge in [-0.3, -0.25) is 0 Å². The number of hydrogen-bond donors (Lipinski definition) is 1. The van der Waals surface area contributed by atoms with E-state index in [0.717, 1.165) is 17.9 Å². The van der Waals surface area contributed by atoms with E-state index in [0.29, 0.717) is 12.1 Å². The van der Waals surface area contributed by atoms with Crippen LogP contribution in [0.4, 0.5) is 4.39 Å². The number of halogens is 1. The van der Waals surface area contributed by atoms with Gasteiger partial charge in [-0.2, -0.15) is 11.8 Å². The van der Waals surface area contributed by atoms with E-state index < -0.39 is 0 Å². The van der Waals surface area contributed by atoms with Gasteiger partial charge in [-0.15, -0.1) is 5.92 Å². The van der Waals surface area contributed by atoms with Crippen LogP contribution >= 0.6 is 11.8 Å². The minimum Gasteiger partial charge on any atom is -0.312 e. The van der Waals surface area contributed by atoms with E-state index >= 15 is 0 Å². The Morgan fingerprint density at radius 2 is 2.25 bits per heavy atom. The van der Waals surface area contributed by atoms with Gasteiger partial charge in [0, 0.05) is 30.0 Å². The highest BCUT2D eigenvalue weighted by molar-refractivity contribution is 7.98. The van der Waals surface area contributed by atoms with Crippen LogP contribution in [0.25, 0.3) is 0 Å². The summed E-state index contributed by atoms with van der Waals surface area (Å²) >= 11 is 1.78. The summed E-state index contributed by atoms with van der Waals surface area (Å²) in [4.78, 5) is 0. The summed E-state index contributed by atoms with van der Waals surface area (Å²) in [6, 6.07) is 5.13. The van der Waals surface area contributed by atoms with Gasteiger partial charge in [0.15, 0.2) is 0 Å². The van der Waals surface area contributed by atoms with Crippen molar-refractivity contribution < 1.29 is 4.39 Å². The lowest BCUT2D eigenvalue weighted by molar-refractivity contribution is 0.593. The predicted molar refractivity (Wildman–Crippen MR) is 69.0 cm³/mol. The van der Waals surface area contributed by atoms with E-state index in [1.54, 1.807) is 24.8 Å². The Hall–Kier alpha value is -0.980. The van der Waals surface area contributed by atoms with E-state index in [2.05, 4.69) is 23.4 Å². The van der Waals surface area contributed by atoms with Gasteiger partial charge in [-0.1, -0.05) is 12.0 Å². The fourth-order valence-electron chi connectivity index (χ4n) is 1.31. The minimum atomic E-state index is -0.183. The molecule has 86 valence electrons. The molecule has 0 heterocycles. The Balaban J connectivity index is 2.56. The van der Waals surface area contributed by atoms with Gasteiger partial charge < -0.3 is 5.32 Å². The second-order valence-electron chi connectivity index (χ2n) is 3.35. The molecule has 0 aliphatic rings. The quantitative estimate of drug-likeness (QED) is 0.624. The minimum absolute atomic E-state index is 0.183. The van der Waals surface area contributed by atoms with Crippen molar-refractivity contribution in [1.82, 2.24) is 5.32 Å². The average Bonchev–Trinajstić information content (AvgIpc) is 2.27. The number of hydrogen-bond acceptors (Lipinski definition) is 2. The van der Waals surface area contributed by atoms with Gasteiger partial charge in [0.1, 0.15) is 5.82 Å². The summed E-state index contributed by atoms with van der Waals surface area (Å²) in [5.74, 6) is 6.45. The predicted octanol–water partition coefficient (Wildman–Crippen LogP) is 2.65. The third kappa shape index (κ3) is 4.26. The first kappa shape index (κ1) is 13.1. The van der Waals surface area contributed by atoms with E-state index in [1.165, 1.54) is 6.07 Å². The molecule has 0 amide bonds. The molecule has 16 heavy (non-hydrogen) atoms. The van der Waals surface area contributed by atoms with Crippen LogP contribution in [-0.4, -0.2) is 18.6 Å². The van der Waals surface area contributed by atoms with Gasteiger partial charge in [0.2, 0.25) is 0 Å². The Kier molecular flexibility index (Phi) is 5.99. The SMILES string of the molecule is CC#Cc1ccc(CNCCSC)c(F)c1. The van der Waals surface area contributed by atoms with Crippen LogP contribution in [0.5, 0.6) is 0 Å². The smallest absolute Gasteiger partial charge is 0.128 e. The Morgan fingerprint density at radius 3 is 2.88 bits per heavy atom. The lowest BCUT2D eigenvalue weighted by Gasteiger charge is -2.05. The molecule has 0 bridgehead atoms. The van der Waals surface area contributed by atoms with E-state index in [-0.39, 0.29) is 5.82 Å². The van der Waals surface area contributed by atoms with Crippen molar-refractivity contribution >= 4 is 11.8 Å². The zero-order valence-corrected chi connectivity index (χ0v) is 10.5. The Morgan fingerprint density at radius 1 is 1.44 bits per heavy atom. The van der Waals surface area contributed by atoms with Crippen LogP contribution < -0.4 is 5.32 Å². The van der Waals surface area contributed by atoms with Crippen LogP contribution in [0.2, 0.25) is 0 Å². The molecule has 1 rings (SSSR count). The van der Waals surface area contributed by atoms with Crippen molar-refractivity contribution in [2.45, 2.75) is 13.5 Å². The molecule has 0 unspecified atom stereocenters. The van der Waals surface area contributed by atoms with Crippen LogP contribution in [0.15, 0.2) is 18.2 Å². The topological polar surface area (TPSA) is 12.0 Å². The van der Waals surface area contributed by atoms with Crippen molar-refractivity contribution in [3.8, 4) is 11.8 Å². The number of nitrogens with one attached hydrogen (secondary N) is 1. The third-order valence-corrected chi connectivity index (χ3v) is 2.73. The first-order chi connectivity index (χ1) is 7.77. The molecule has 1 aromatic rings. The van der Waals surface area contributed by atoms with Gasteiger partial charge in [-0.25, -0.2) is 4.39 Å². The molecule has 0 saturated carbocycles. The molecule has 1 nitrogen and oxygen atoms in total. The fraction of sp³-hybridized carbons (Fsp3) is 0.385. The monoisotopic (exact) mass is 237 g/mol. The molecule has 0 aromatic heterocycles. The van der Waals surface area contributed by atoms with Gasteiger partial charge in [-0.05, 0) is 25.3 Å². The Bertz CT molecular complexity index is 393. The van der Waals surface area contributed by atoms with Crippen LogP contribution in [-0.2, 0) is 6.54 Å². The molecular weight excluding hydrogens is 221 g/mol. The maximum atomic E-state index is 13.6. The summed E-state index contributed by atoms with van der Waals surface area (Å²) in [6.45, 7) is 3.22. The van der Waals surface area contributed by atoms with Crippen molar-refractivity contribution in [2.24, 2.45) is 0 Å².